The first-order valence-corrected chi connectivity index (χ1v) is 11.2. The molecule has 9 nitrogen and oxygen atoms in total. The van der Waals surface area contributed by atoms with Crippen LogP contribution in [-0.4, -0.2) is 30.2 Å². The van der Waals surface area contributed by atoms with Crippen LogP contribution in [0.1, 0.15) is 5.69 Å². The third-order valence-corrected chi connectivity index (χ3v) is 6.19. The number of anilines is 3. The number of para-hydroxylation sites is 1. The topological polar surface area (TPSA) is 121 Å². The maximum absolute atomic E-state index is 12.8. The van der Waals surface area contributed by atoms with Gasteiger partial charge in [0.05, 0.1) is 10.6 Å². The van der Waals surface area contributed by atoms with Crippen molar-refractivity contribution in [3.63, 3.8) is 0 Å². The van der Waals surface area contributed by atoms with Gasteiger partial charge in [-0.3, -0.25) is 9.59 Å². The van der Waals surface area contributed by atoms with E-state index in [1.165, 1.54) is 30.5 Å². The predicted octanol–water partition coefficient (Wildman–Crippen LogP) is 3.02. The standard InChI is InChI=1S/C21H16ClN5O4S/c1-13-11-12-23-21(24-13)26-32(30,31)16-9-7-14(8-10-16)25-18-17(22)19(28)27(20(18)29)15-5-3-2-4-6-15/h2-12,25H,1H3,(H,23,24,26). The molecular formula is C21H16ClN5O4S. The number of halogens is 1. The van der Waals surface area contributed by atoms with Gasteiger partial charge in [0.15, 0.2) is 0 Å². The Hall–Kier alpha value is -3.76. The minimum absolute atomic E-state index is 0.0343. The van der Waals surface area contributed by atoms with Gasteiger partial charge >= 0.3 is 0 Å². The zero-order valence-electron chi connectivity index (χ0n) is 16.6. The van der Waals surface area contributed by atoms with E-state index in [-0.39, 0.29) is 21.6 Å². The van der Waals surface area contributed by atoms with Crippen molar-refractivity contribution in [3.05, 3.63) is 83.3 Å². The van der Waals surface area contributed by atoms with Crippen molar-refractivity contribution in [1.29, 1.82) is 0 Å². The van der Waals surface area contributed by atoms with Crippen molar-refractivity contribution < 1.29 is 18.0 Å². The molecule has 0 unspecified atom stereocenters. The summed E-state index contributed by atoms with van der Waals surface area (Å²) in [4.78, 5) is 34.1. The molecule has 32 heavy (non-hydrogen) atoms. The van der Waals surface area contributed by atoms with Crippen LogP contribution >= 0.6 is 11.6 Å². The molecule has 0 saturated carbocycles. The number of rotatable bonds is 6. The van der Waals surface area contributed by atoms with Gasteiger partial charge in [0.1, 0.15) is 10.7 Å². The monoisotopic (exact) mass is 469 g/mol. The Kier molecular flexibility index (Phi) is 5.64. The van der Waals surface area contributed by atoms with Crippen LogP contribution in [0.2, 0.25) is 0 Å². The minimum atomic E-state index is -3.92. The van der Waals surface area contributed by atoms with Gasteiger partial charge in [-0.1, -0.05) is 29.8 Å². The summed E-state index contributed by atoms with van der Waals surface area (Å²) >= 11 is 6.11. The molecule has 0 bridgehead atoms. The van der Waals surface area contributed by atoms with Crippen LogP contribution < -0.4 is 14.9 Å². The number of hydrogen-bond donors (Lipinski definition) is 2. The molecule has 2 aromatic carbocycles. The molecule has 1 aromatic heterocycles. The molecule has 3 aromatic rings. The molecule has 0 aliphatic carbocycles. The number of benzene rings is 2. The first kappa shape index (κ1) is 21.5. The summed E-state index contributed by atoms with van der Waals surface area (Å²) in [6.07, 6.45) is 1.45. The second-order valence-corrected chi connectivity index (χ2v) is 8.81. The van der Waals surface area contributed by atoms with Gasteiger partial charge in [0, 0.05) is 17.6 Å². The third-order valence-electron chi connectivity index (χ3n) is 4.50. The predicted molar refractivity (Wildman–Crippen MR) is 119 cm³/mol. The number of carbonyl (C=O) groups is 2. The number of aromatic nitrogens is 2. The highest BCUT2D eigenvalue weighted by atomic mass is 35.5. The quantitative estimate of drug-likeness (QED) is 0.532. The smallest absolute Gasteiger partial charge is 0.283 e. The van der Waals surface area contributed by atoms with Crippen molar-refractivity contribution in [1.82, 2.24) is 9.97 Å². The van der Waals surface area contributed by atoms with Crippen molar-refractivity contribution in [2.75, 3.05) is 14.9 Å². The van der Waals surface area contributed by atoms with Crippen LogP contribution in [0, 0.1) is 6.92 Å². The van der Waals surface area contributed by atoms with E-state index in [4.69, 9.17) is 11.6 Å². The lowest BCUT2D eigenvalue weighted by Crippen LogP contribution is -2.32. The lowest BCUT2D eigenvalue weighted by molar-refractivity contribution is -0.120. The summed E-state index contributed by atoms with van der Waals surface area (Å²) in [6, 6.07) is 15.6. The third kappa shape index (κ3) is 4.18. The minimum Gasteiger partial charge on any atom is -0.350 e. The largest absolute Gasteiger partial charge is 0.350 e. The summed E-state index contributed by atoms with van der Waals surface area (Å²) < 4.78 is 27.4. The van der Waals surface area contributed by atoms with E-state index in [9.17, 15) is 18.0 Å². The van der Waals surface area contributed by atoms with E-state index in [0.29, 0.717) is 17.1 Å². The van der Waals surface area contributed by atoms with E-state index in [1.807, 2.05) is 0 Å². The van der Waals surface area contributed by atoms with Gasteiger partial charge in [-0.25, -0.2) is 28.0 Å². The normalized spacial score (nSPS) is 14.1. The van der Waals surface area contributed by atoms with E-state index in [2.05, 4.69) is 20.0 Å². The Morgan fingerprint density at radius 1 is 0.938 bits per heavy atom. The molecule has 0 atom stereocenters. The SMILES string of the molecule is Cc1ccnc(NS(=O)(=O)c2ccc(NC3=C(Cl)C(=O)N(c4ccccc4)C3=O)cc2)n1. The van der Waals surface area contributed by atoms with E-state index in [1.54, 1.807) is 43.3 Å². The van der Waals surface area contributed by atoms with E-state index < -0.39 is 21.8 Å². The Balaban J connectivity index is 1.52. The molecule has 2 N–H and O–H groups in total. The molecule has 0 fully saturated rings. The Labute approximate surface area is 188 Å². The summed E-state index contributed by atoms with van der Waals surface area (Å²) in [5, 5.41) is 2.55. The highest BCUT2D eigenvalue weighted by molar-refractivity contribution is 7.92. The number of sulfonamides is 1. The van der Waals surface area contributed by atoms with Crippen LogP contribution in [0.4, 0.5) is 17.3 Å². The zero-order chi connectivity index (χ0) is 22.9. The van der Waals surface area contributed by atoms with Crippen molar-refractivity contribution >= 4 is 50.8 Å². The number of hydrogen-bond acceptors (Lipinski definition) is 7. The number of imide groups is 1. The summed E-state index contributed by atoms with van der Waals surface area (Å²) in [5.41, 5.74) is 1.29. The second kappa shape index (κ2) is 8.40. The summed E-state index contributed by atoms with van der Waals surface area (Å²) in [7, 11) is -3.92. The van der Waals surface area contributed by atoms with Crippen LogP contribution in [0.3, 0.4) is 0 Å². The van der Waals surface area contributed by atoms with E-state index in [0.717, 1.165) is 4.90 Å². The Bertz CT molecular complexity index is 1340. The van der Waals surface area contributed by atoms with Gasteiger partial charge in [0.25, 0.3) is 21.8 Å². The molecule has 0 spiro atoms. The van der Waals surface area contributed by atoms with Gasteiger partial charge in [-0.2, -0.15) is 0 Å². The molecular weight excluding hydrogens is 454 g/mol. The first-order chi connectivity index (χ1) is 15.3. The number of nitrogens with one attached hydrogen (secondary N) is 2. The summed E-state index contributed by atoms with van der Waals surface area (Å²) in [6.45, 7) is 1.72. The van der Waals surface area contributed by atoms with Crippen LogP contribution in [0.5, 0.6) is 0 Å². The van der Waals surface area contributed by atoms with Crippen LogP contribution in [0.25, 0.3) is 0 Å². The second-order valence-electron chi connectivity index (χ2n) is 6.75. The molecule has 1 aliphatic heterocycles. The maximum Gasteiger partial charge on any atom is 0.283 e. The van der Waals surface area contributed by atoms with Gasteiger partial charge in [0.2, 0.25) is 5.95 Å². The maximum atomic E-state index is 12.8. The fourth-order valence-electron chi connectivity index (χ4n) is 2.96. The molecule has 4 rings (SSSR count). The van der Waals surface area contributed by atoms with Crippen molar-refractivity contribution in [2.45, 2.75) is 11.8 Å². The Morgan fingerprint density at radius 2 is 1.62 bits per heavy atom. The fraction of sp³-hybridized carbons (Fsp3) is 0.0476. The molecule has 162 valence electrons. The Morgan fingerprint density at radius 3 is 2.28 bits per heavy atom. The number of nitrogens with zero attached hydrogens (tertiary/aromatic N) is 3. The highest BCUT2D eigenvalue weighted by Gasteiger charge is 2.38. The van der Waals surface area contributed by atoms with Crippen molar-refractivity contribution in [3.8, 4) is 0 Å². The summed E-state index contributed by atoms with van der Waals surface area (Å²) in [5.74, 6) is -1.30. The van der Waals surface area contributed by atoms with E-state index >= 15 is 0 Å². The molecule has 11 heteroatoms. The van der Waals surface area contributed by atoms with Crippen molar-refractivity contribution in [2.24, 2.45) is 0 Å². The lowest BCUT2D eigenvalue weighted by Gasteiger charge is -2.15. The van der Waals surface area contributed by atoms with Crippen LogP contribution in [0.15, 0.2) is 82.5 Å². The molecule has 0 radical (unpaired) electrons. The molecule has 2 heterocycles. The molecule has 0 saturated heterocycles. The molecule has 1 aliphatic rings. The number of aryl methyl sites for hydroxylation is 1. The van der Waals surface area contributed by atoms with Crippen LogP contribution in [-0.2, 0) is 19.6 Å². The van der Waals surface area contributed by atoms with Gasteiger partial charge in [-0.15, -0.1) is 0 Å². The average Bonchev–Trinajstić information content (AvgIpc) is 2.97. The lowest BCUT2D eigenvalue weighted by atomic mass is 10.3. The first-order valence-electron chi connectivity index (χ1n) is 9.29. The number of carbonyl (C=O) groups excluding carboxylic acids is 2. The fourth-order valence-corrected chi connectivity index (χ4v) is 4.13. The zero-order valence-corrected chi connectivity index (χ0v) is 18.2. The van der Waals surface area contributed by atoms with Gasteiger partial charge in [-0.05, 0) is 49.4 Å². The van der Waals surface area contributed by atoms with Gasteiger partial charge < -0.3 is 5.32 Å². The highest BCUT2D eigenvalue weighted by Crippen LogP contribution is 2.30. The number of amides is 2. The molecule has 2 amide bonds. The average molecular weight is 470 g/mol.